The number of methoxy groups -OCH3 is 2. The molecule has 77 heavy (non-hydrogen) atoms. The predicted molar refractivity (Wildman–Crippen MR) is 299 cm³/mol. The van der Waals surface area contributed by atoms with Gasteiger partial charge in [-0.2, -0.15) is 0 Å². The van der Waals surface area contributed by atoms with Gasteiger partial charge in [0.1, 0.15) is 0 Å². The van der Waals surface area contributed by atoms with Crippen LogP contribution in [0.1, 0.15) is 101 Å². The average Bonchev–Trinajstić information content (AvgIpc) is 4.32. The quantitative estimate of drug-likeness (QED) is 0.0439. The zero-order valence-electron chi connectivity index (χ0n) is 45.8. The Morgan fingerprint density at radius 2 is 0.831 bits per heavy atom. The molecule has 4 N–H and O–H groups in total. The van der Waals surface area contributed by atoms with Crippen molar-refractivity contribution in [3.8, 4) is 23.0 Å². The van der Waals surface area contributed by atoms with Gasteiger partial charge in [-0.25, -0.2) is 4.79 Å². The molecular weight excluding hydrogens is 1310 g/mol. The molecule has 12 heteroatoms. The number of aliphatic hydroxyl groups is 2. The molecule has 0 spiro atoms. The Morgan fingerprint density at radius 3 is 1.23 bits per heavy atom. The molecule has 8 bridgehead atoms. The van der Waals surface area contributed by atoms with Gasteiger partial charge in [0, 0.05) is 80.3 Å². The number of fused-ring (bicyclic) bond motifs is 8. The van der Waals surface area contributed by atoms with Crippen molar-refractivity contribution in [3.63, 3.8) is 0 Å². The largest absolute Gasteiger partial charge is 0.504 e. The summed E-state index contributed by atoms with van der Waals surface area (Å²) in [6, 6.07) is 29.9. The summed E-state index contributed by atoms with van der Waals surface area (Å²) in [7, 11) is 4.94. The Bertz CT molecular complexity index is 2560. The maximum atomic E-state index is 12.3. The molecule has 0 heterocycles. The molecule has 416 valence electrons. The Labute approximate surface area is 488 Å². The van der Waals surface area contributed by atoms with Crippen molar-refractivity contribution in [3.05, 3.63) is 183 Å². The summed E-state index contributed by atoms with van der Waals surface area (Å²) in [5, 5.41) is 33.0. The van der Waals surface area contributed by atoms with Gasteiger partial charge in [-0.05, 0) is 171 Å². The van der Waals surface area contributed by atoms with Crippen molar-refractivity contribution in [2.24, 2.45) is 71.0 Å². The second-order valence-electron chi connectivity index (χ2n) is 20.8. The molecule has 8 aliphatic rings. The first-order valence-corrected chi connectivity index (χ1v) is 26.3. The smallest absolute Gasteiger partial charge is 0.338 e. The predicted octanol–water partition coefficient (Wildman–Crippen LogP) is 13.0. The third kappa shape index (κ3) is 17.8. The van der Waals surface area contributed by atoms with Crippen LogP contribution in [0.4, 0.5) is 0 Å². The number of esters is 1. The molecule has 0 saturated heterocycles. The van der Waals surface area contributed by atoms with E-state index in [1.807, 2.05) is 30.3 Å². The molecule has 12 rings (SSSR count). The van der Waals surface area contributed by atoms with Gasteiger partial charge in [0.15, 0.2) is 34.6 Å². The number of ketones is 2. The van der Waals surface area contributed by atoms with Gasteiger partial charge >= 0.3 is 5.97 Å². The summed E-state index contributed by atoms with van der Waals surface area (Å²) in [5.41, 5.74) is 3.41. The van der Waals surface area contributed by atoms with Crippen LogP contribution < -0.4 is 9.47 Å². The van der Waals surface area contributed by atoms with Crippen LogP contribution in [-0.2, 0) is 53.3 Å². The number of rotatable bonds is 13. The SMILES string of the molecule is C1=CC2CC1CC2Cc1ccccc1.CO.CO.COc1cc(C(=O)CC2CC3C=CC2C3)ccc1O.COc1cc(C(=O)OCC2CC3C=CC2C3)ccc1O.O=C(CC1CC2C=CC1C2)c1ccccc1.[CH3-].[CH3-].[W].[W]. The summed E-state index contributed by atoms with van der Waals surface area (Å²) in [6.45, 7) is 0.466. The van der Waals surface area contributed by atoms with E-state index in [9.17, 15) is 24.6 Å². The van der Waals surface area contributed by atoms with E-state index in [2.05, 4.69) is 78.9 Å². The van der Waals surface area contributed by atoms with Crippen LogP contribution in [0.3, 0.4) is 0 Å². The van der Waals surface area contributed by atoms with E-state index in [4.69, 9.17) is 24.4 Å². The topological polar surface area (TPSA) is 160 Å². The number of carbonyl (C=O) groups is 3. The van der Waals surface area contributed by atoms with Crippen molar-refractivity contribution < 1.29 is 91.2 Å². The second-order valence-corrected chi connectivity index (χ2v) is 20.8. The van der Waals surface area contributed by atoms with Crippen LogP contribution in [0, 0.1) is 85.9 Å². The van der Waals surface area contributed by atoms with Gasteiger partial charge in [0.2, 0.25) is 0 Å². The normalized spacial score (nSPS) is 26.5. The number of allylic oxidation sites excluding steroid dienone is 8. The number of benzene rings is 4. The first-order valence-electron chi connectivity index (χ1n) is 26.3. The Kier molecular flexibility index (Phi) is 28.4. The van der Waals surface area contributed by atoms with Gasteiger partial charge in [-0.3, -0.25) is 9.59 Å². The molecule has 4 fully saturated rings. The maximum absolute atomic E-state index is 12.3. The van der Waals surface area contributed by atoms with Gasteiger partial charge in [0.05, 0.1) is 26.4 Å². The summed E-state index contributed by atoms with van der Waals surface area (Å²) in [6.07, 6.45) is 31.2. The van der Waals surface area contributed by atoms with E-state index in [1.54, 1.807) is 18.2 Å². The number of phenolic OH excluding ortho intramolecular Hbond substituents is 2. The van der Waals surface area contributed by atoms with Gasteiger partial charge in [-0.15, -0.1) is 0 Å². The number of aliphatic hydroxyl groups excluding tert-OH is 2. The third-order valence-corrected chi connectivity index (χ3v) is 16.3. The van der Waals surface area contributed by atoms with Crippen molar-refractivity contribution in [1.29, 1.82) is 0 Å². The number of aromatic hydroxyl groups is 2. The van der Waals surface area contributed by atoms with E-state index >= 15 is 0 Å². The zero-order chi connectivity index (χ0) is 51.9. The van der Waals surface area contributed by atoms with Crippen molar-refractivity contribution in [2.45, 2.75) is 70.6 Å². The minimum Gasteiger partial charge on any atom is -0.504 e. The molecule has 0 radical (unpaired) electrons. The molecule has 0 aromatic heterocycles. The summed E-state index contributed by atoms with van der Waals surface area (Å²) in [4.78, 5) is 36.4. The van der Waals surface area contributed by atoms with Gasteiger partial charge < -0.3 is 49.5 Å². The van der Waals surface area contributed by atoms with Crippen molar-refractivity contribution in [2.75, 3.05) is 35.0 Å². The Balaban J connectivity index is 0.000000261. The molecule has 0 amide bonds. The molecule has 12 atom stereocenters. The molecule has 4 saturated carbocycles. The number of phenols is 2. The van der Waals surface area contributed by atoms with Crippen LogP contribution in [0.5, 0.6) is 23.0 Å². The van der Waals surface area contributed by atoms with Crippen molar-refractivity contribution >= 4 is 17.5 Å². The standard InChI is InChI=1S/C16H18O4.C16H18O3.C15H16O.C14H16.2CH4O.2CH3.2W/c1-19-15-8-12(4-5-14(15)17)16(18)20-9-13-7-10-2-3-11(13)6-10;1-19-16-9-12(4-5-14(16)17)15(18)8-13-7-10-2-3-11(13)6-10;16-15(12-4-2-1-3-5-12)10-14-9-11-6-7-13(14)8-11;1-2-4-11(5-3-1)8-14-10-12-6-7-13(14)9-12;2*1-2;;;;/h2-5,8,10-11,13,17H,6-7,9H2,1H3;2-5,9-11,13,17H,6-8H2,1H3;1-7,11,13-14H,8-10H2;1-7,12-14H,8-10H2;2*2H,1H3;2*1H3;;/q;;;;;;2*-1;;. The molecule has 4 aromatic rings. The minimum atomic E-state index is -0.366. The fraction of sp³-hybridized carbons (Fsp3) is 0.431. The molecular formula is C65H82O10W2-2. The number of ether oxygens (including phenoxy) is 3. The minimum absolute atomic E-state index is 0. The Morgan fingerprint density at radius 1 is 0.455 bits per heavy atom. The van der Waals surface area contributed by atoms with Gasteiger partial charge in [-0.1, -0.05) is 109 Å². The third-order valence-electron chi connectivity index (χ3n) is 16.3. The van der Waals surface area contributed by atoms with Crippen LogP contribution in [0.15, 0.2) is 146 Å². The van der Waals surface area contributed by atoms with Crippen LogP contribution in [0.2, 0.25) is 0 Å². The van der Waals surface area contributed by atoms with E-state index in [0.717, 1.165) is 62.7 Å². The molecule has 10 nitrogen and oxygen atoms in total. The van der Waals surface area contributed by atoms with E-state index in [1.165, 1.54) is 82.9 Å². The maximum Gasteiger partial charge on any atom is 0.338 e. The first-order chi connectivity index (χ1) is 35.6. The molecule has 8 aliphatic carbocycles. The van der Waals surface area contributed by atoms with E-state index in [-0.39, 0.29) is 86.0 Å². The van der Waals surface area contributed by atoms with Crippen LogP contribution in [-0.4, -0.2) is 73.0 Å². The van der Waals surface area contributed by atoms with E-state index in [0.29, 0.717) is 83.0 Å². The summed E-state index contributed by atoms with van der Waals surface area (Å²) < 4.78 is 15.4. The van der Waals surface area contributed by atoms with Crippen LogP contribution in [0.25, 0.3) is 0 Å². The summed E-state index contributed by atoms with van der Waals surface area (Å²) >= 11 is 0. The Hall–Kier alpha value is -4.85. The average molecular weight is 1390 g/mol. The molecule has 12 unspecified atom stereocenters. The molecule has 4 aromatic carbocycles. The van der Waals surface area contributed by atoms with Gasteiger partial charge in [0.25, 0.3) is 0 Å². The van der Waals surface area contributed by atoms with E-state index < -0.39 is 0 Å². The number of Topliss-reactive ketones (excluding diaryl/α,β-unsaturated/α-hetero) is 2. The monoisotopic (exact) mass is 1390 g/mol. The fourth-order valence-corrected chi connectivity index (χ4v) is 12.6. The molecule has 0 aliphatic heterocycles. The van der Waals surface area contributed by atoms with Crippen LogP contribution >= 0.6 is 0 Å². The number of hydrogen-bond donors (Lipinski definition) is 4. The fourth-order valence-electron chi connectivity index (χ4n) is 12.6. The number of hydrogen-bond acceptors (Lipinski definition) is 10. The summed E-state index contributed by atoms with van der Waals surface area (Å²) in [5.74, 6) is 9.05. The number of carbonyl (C=O) groups excluding carboxylic acids is 3. The van der Waals surface area contributed by atoms with Crippen molar-refractivity contribution in [1.82, 2.24) is 0 Å². The second kappa shape index (κ2) is 32.9. The zero-order valence-corrected chi connectivity index (χ0v) is 51.7. The first kappa shape index (κ1) is 66.4.